The van der Waals surface area contributed by atoms with Crippen molar-refractivity contribution in [2.45, 2.75) is 13.3 Å². The molecule has 0 spiro atoms. The Bertz CT molecular complexity index is 998. The molecule has 140 valence electrons. The topological polar surface area (TPSA) is 85.3 Å². The normalized spacial score (nSPS) is 12.1. The number of carbonyl (C=O) groups is 2. The molecular formula is C20H18BrFN2O3. The number of fused-ring (bicyclic) bond motifs is 1. The van der Waals surface area contributed by atoms with Gasteiger partial charge in [0.15, 0.2) is 5.76 Å². The summed E-state index contributed by atoms with van der Waals surface area (Å²) in [7, 11) is 0. The zero-order valence-corrected chi connectivity index (χ0v) is 16.2. The van der Waals surface area contributed by atoms with Crippen molar-refractivity contribution in [1.29, 1.82) is 0 Å². The first-order valence-corrected chi connectivity index (χ1v) is 9.15. The quantitative estimate of drug-likeness (QED) is 0.622. The Balaban J connectivity index is 1.72. The van der Waals surface area contributed by atoms with Crippen LogP contribution in [-0.2, 0) is 11.2 Å². The molecule has 0 saturated carbocycles. The van der Waals surface area contributed by atoms with E-state index in [0.29, 0.717) is 12.0 Å². The highest BCUT2D eigenvalue weighted by molar-refractivity contribution is 9.10. The lowest BCUT2D eigenvalue weighted by atomic mass is 9.98. The van der Waals surface area contributed by atoms with Gasteiger partial charge in [0, 0.05) is 22.0 Å². The highest BCUT2D eigenvalue weighted by Gasteiger charge is 2.21. The summed E-state index contributed by atoms with van der Waals surface area (Å²) in [5.41, 5.74) is 7.55. The van der Waals surface area contributed by atoms with E-state index in [1.54, 1.807) is 25.1 Å². The van der Waals surface area contributed by atoms with Gasteiger partial charge in [0.25, 0.3) is 5.91 Å². The maximum atomic E-state index is 13.0. The fourth-order valence-corrected chi connectivity index (χ4v) is 3.25. The van der Waals surface area contributed by atoms with Crippen LogP contribution in [0.3, 0.4) is 0 Å². The molecule has 0 radical (unpaired) electrons. The Morgan fingerprint density at radius 2 is 1.93 bits per heavy atom. The monoisotopic (exact) mass is 432 g/mol. The van der Waals surface area contributed by atoms with Crippen LogP contribution in [0.4, 0.5) is 4.39 Å². The van der Waals surface area contributed by atoms with E-state index in [1.165, 1.54) is 12.1 Å². The van der Waals surface area contributed by atoms with Gasteiger partial charge in [-0.2, -0.15) is 0 Å². The van der Waals surface area contributed by atoms with Gasteiger partial charge < -0.3 is 15.5 Å². The molecule has 0 fully saturated rings. The predicted molar refractivity (Wildman–Crippen MR) is 104 cm³/mol. The molecule has 1 unspecified atom stereocenters. The van der Waals surface area contributed by atoms with Gasteiger partial charge in [-0.15, -0.1) is 0 Å². The van der Waals surface area contributed by atoms with Crippen molar-refractivity contribution in [3.8, 4) is 0 Å². The number of benzene rings is 2. The molecule has 2 aromatic carbocycles. The fraction of sp³-hybridized carbons (Fsp3) is 0.200. The zero-order chi connectivity index (χ0) is 19.6. The van der Waals surface area contributed by atoms with Gasteiger partial charge in [0.1, 0.15) is 11.4 Å². The van der Waals surface area contributed by atoms with E-state index >= 15 is 0 Å². The molecule has 3 aromatic rings. The van der Waals surface area contributed by atoms with Crippen molar-refractivity contribution in [2.24, 2.45) is 11.7 Å². The number of aryl methyl sites for hydroxylation is 1. The Labute approximate surface area is 163 Å². The third kappa shape index (κ3) is 4.36. The number of hydrogen-bond donors (Lipinski definition) is 2. The molecule has 27 heavy (non-hydrogen) atoms. The lowest BCUT2D eigenvalue weighted by Crippen LogP contribution is -2.37. The third-order valence-electron chi connectivity index (χ3n) is 4.41. The predicted octanol–water partition coefficient (Wildman–Crippen LogP) is 3.72. The Hall–Kier alpha value is -2.67. The molecule has 0 aliphatic rings. The minimum atomic E-state index is -0.613. The molecule has 2 amide bonds. The van der Waals surface area contributed by atoms with E-state index < -0.39 is 17.7 Å². The number of rotatable bonds is 6. The molecule has 3 N–H and O–H groups in total. The van der Waals surface area contributed by atoms with Crippen LogP contribution >= 0.6 is 15.9 Å². The number of furan rings is 1. The van der Waals surface area contributed by atoms with Gasteiger partial charge in [0.05, 0.1) is 5.92 Å². The Kier molecular flexibility index (Phi) is 5.60. The second-order valence-corrected chi connectivity index (χ2v) is 7.25. The lowest BCUT2D eigenvalue weighted by molar-refractivity contribution is -0.121. The molecule has 0 bridgehead atoms. The number of amides is 2. The zero-order valence-electron chi connectivity index (χ0n) is 14.6. The van der Waals surface area contributed by atoms with Crippen LogP contribution in [0.2, 0.25) is 0 Å². The van der Waals surface area contributed by atoms with E-state index in [0.717, 1.165) is 21.0 Å². The summed E-state index contributed by atoms with van der Waals surface area (Å²) >= 11 is 3.40. The van der Waals surface area contributed by atoms with Crippen molar-refractivity contribution in [3.05, 3.63) is 69.6 Å². The van der Waals surface area contributed by atoms with E-state index in [9.17, 15) is 14.0 Å². The minimum absolute atomic E-state index is 0.0612. The number of hydrogen-bond acceptors (Lipinski definition) is 3. The van der Waals surface area contributed by atoms with Gasteiger partial charge in [0.2, 0.25) is 5.91 Å². The van der Waals surface area contributed by atoms with Gasteiger partial charge in [-0.1, -0.05) is 28.1 Å². The highest BCUT2D eigenvalue weighted by atomic mass is 79.9. The summed E-state index contributed by atoms with van der Waals surface area (Å²) < 4.78 is 19.5. The Morgan fingerprint density at radius 3 is 2.59 bits per heavy atom. The molecule has 0 saturated heterocycles. The number of nitrogens with two attached hydrogens (primary N) is 1. The van der Waals surface area contributed by atoms with E-state index in [2.05, 4.69) is 21.2 Å². The minimum Gasteiger partial charge on any atom is -0.451 e. The van der Waals surface area contributed by atoms with E-state index in [4.69, 9.17) is 10.2 Å². The van der Waals surface area contributed by atoms with Crippen LogP contribution in [0.25, 0.3) is 11.0 Å². The average molecular weight is 433 g/mol. The first-order chi connectivity index (χ1) is 12.8. The second-order valence-electron chi connectivity index (χ2n) is 6.34. The molecule has 0 aliphatic heterocycles. The number of carbonyl (C=O) groups excluding carboxylic acids is 2. The largest absolute Gasteiger partial charge is 0.451 e. The summed E-state index contributed by atoms with van der Waals surface area (Å²) in [6.45, 7) is 1.86. The van der Waals surface area contributed by atoms with E-state index in [-0.39, 0.29) is 18.1 Å². The van der Waals surface area contributed by atoms with Crippen LogP contribution in [0.1, 0.15) is 21.7 Å². The number of primary amides is 1. The molecule has 7 heteroatoms. The third-order valence-corrected chi connectivity index (χ3v) is 4.90. The second kappa shape index (κ2) is 7.92. The van der Waals surface area contributed by atoms with Gasteiger partial charge >= 0.3 is 0 Å². The molecule has 1 heterocycles. The molecule has 0 aliphatic carbocycles. The molecular weight excluding hydrogens is 415 g/mol. The fourth-order valence-electron chi connectivity index (χ4n) is 2.88. The van der Waals surface area contributed by atoms with Crippen LogP contribution in [0, 0.1) is 18.7 Å². The van der Waals surface area contributed by atoms with Crippen LogP contribution in [0.5, 0.6) is 0 Å². The highest BCUT2D eigenvalue weighted by Crippen LogP contribution is 2.28. The number of halogens is 2. The summed E-state index contributed by atoms with van der Waals surface area (Å²) in [5.74, 6) is -1.71. The average Bonchev–Trinajstić information content (AvgIpc) is 2.96. The van der Waals surface area contributed by atoms with Crippen molar-refractivity contribution < 1.29 is 18.4 Å². The Morgan fingerprint density at radius 1 is 1.22 bits per heavy atom. The van der Waals surface area contributed by atoms with Crippen molar-refractivity contribution in [3.63, 3.8) is 0 Å². The first kappa shape index (κ1) is 19.1. The van der Waals surface area contributed by atoms with Crippen molar-refractivity contribution in [1.82, 2.24) is 5.32 Å². The summed E-state index contributed by atoms with van der Waals surface area (Å²) in [6, 6.07) is 11.3. The maximum absolute atomic E-state index is 13.0. The molecule has 5 nitrogen and oxygen atoms in total. The standard InChI is InChI=1S/C20H18BrFN2O3/c1-11-16-9-14(21)4-7-17(16)27-18(11)20(26)24-10-13(19(23)25)8-12-2-5-15(22)6-3-12/h2-7,9,13H,8,10H2,1H3,(H2,23,25)(H,24,26). The van der Waals surface area contributed by atoms with E-state index in [1.807, 2.05) is 12.1 Å². The summed E-state index contributed by atoms with van der Waals surface area (Å²) in [4.78, 5) is 24.3. The summed E-state index contributed by atoms with van der Waals surface area (Å²) in [5, 5.41) is 3.55. The van der Waals surface area contributed by atoms with Crippen LogP contribution in [-0.4, -0.2) is 18.4 Å². The molecule has 1 aromatic heterocycles. The lowest BCUT2D eigenvalue weighted by Gasteiger charge is -2.14. The smallest absolute Gasteiger partial charge is 0.287 e. The van der Waals surface area contributed by atoms with Gasteiger partial charge in [-0.3, -0.25) is 9.59 Å². The maximum Gasteiger partial charge on any atom is 0.287 e. The van der Waals surface area contributed by atoms with Crippen molar-refractivity contribution in [2.75, 3.05) is 6.54 Å². The SMILES string of the molecule is Cc1c(C(=O)NCC(Cc2ccc(F)cc2)C(N)=O)oc2ccc(Br)cc12. The van der Waals surface area contributed by atoms with Gasteiger partial charge in [-0.05, 0) is 49.2 Å². The van der Waals surface area contributed by atoms with Crippen LogP contribution < -0.4 is 11.1 Å². The number of nitrogens with one attached hydrogen (secondary N) is 1. The first-order valence-electron chi connectivity index (χ1n) is 8.35. The van der Waals surface area contributed by atoms with Crippen LogP contribution in [0.15, 0.2) is 51.4 Å². The molecule has 3 rings (SSSR count). The van der Waals surface area contributed by atoms with Crippen molar-refractivity contribution >= 4 is 38.7 Å². The van der Waals surface area contributed by atoms with Gasteiger partial charge in [-0.25, -0.2) is 4.39 Å². The summed E-state index contributed by atoms with van der Waals surface area (Å²) in [6.07, 6.45) is 0.307. The molecule has 1 atom stereocenters.